The topological polar surface area (TPSA) is 58.4 Å². The van der Waals surface area contributed by atoms with E-state index in [-0.39, 0.29) is 12.1 Å². The average molecular weight is 275 g/mol. The van der Waals surface area contributed by atoms with Crippen molar-refractivity contribution < 1.29 is 4.79 Å². The third-order valence-electron chi connectivity index (χ3n) is 4.31. The molecule has 0 spiro atoms. The molecule has 1 aliphatic heterocycles. The number of nitrogens with one attached hydrogen (secondary N) is 1. The molecule has 2 amide bonds. The number of hydrogen-bond donors (Lipinski definition) is 2. The summed E-state index contributed by atoms with van der Waals surface area (Å²) >= 11 is 0. The van der Waals surface area contributed by atoms with E-state index < -0.39 is 0 Å². The van der Waals surface area contributed by atoms with Crippen molar-refractivity contribution in [3.8, 4) is 0 Å². The van der Waals surface area contributed by atoms with Gasteiger partial charge >= 0.3 is 6.03 Å². The van der Waals surface area contributed by atoms with Gasteiger partial charge in [-0.25, -0.2) is 4.79 Å². The lowest BCUT2D eigenvalue weighted by Crippen LogP contribution is -2.44. The molecule has 3 atom stereocenters. The van der Waals surface area contributed by atoms with Crippen LogP contribution < -0.4 is 11.1 Å². The molecule has 3 N–H and O–H groups in total. The van der Waals surface area contributed by atoms with Crippen molar-refractivity contribution in [1.29, 1.82) is 0 Å². The van der Waals surface area contributed by atoms with Crippen LogP contribution in [0.5, 0.6) is 0 Å². The Balaban J connectivity index is 1.94. The molecule has 110 valence electrons. The maximum atomic E-state index is 12.2. The Kier molecular flexibility index (Phi) is 4.65. The SMILES string of the molecule is CC(N)c1ccc(NC(=O)N2CCC(C)C(C)C2)cc1. The van der Waals surface area contributed by atoms with Crippen LogP contribution in [0.3, 0.4) is 0 Å². The zero-order chi connectivity index (χ0) is 14.7. The molecule has 20 heavy (non-hydrogen) atoms. The van der Waals surface area contributed by atoms with E-state index in [0.717, 1.165) is 30.8 Å². The Morgan fingerprint density at radius 2 is 1.95 bits per heavy atom. The predicted octanol–water partition coefficient (Wildman–Crippen LogP) is 3.22. The van der Waals surface area contributed by atoms with Crippen LogP contribution in [0.25, 0.3) is 0 Å². The number of amides is 2. The highest BCUT2D eigenvalue weighted by Crippen LogP contribution is 2.23. The van der Waals surface area contributed by atoms with Gasteiger partial charge in [-0.05, 0) is 42.9 Å². The second-order valence-electron chi connectivity index (χ2n) is 6.03. The summed E-state index contributed by atoms with van der Waals surface area (Å²) in [5.41, 5.74) is 7.71. The van der Waals surface area contributed by atoms with E-state index in [0.29, 0.717) is 11.8 Å². The lowest BCUT2D eigenvalue weighted by Gasteiger charge is -2.35. The fourth-order valence-electron chi connectivity index (χ4n) is 2.52. The number of carbonyl (C=O) groups is 1. The van der Waals surface area contributed by atoms with Crippen LogP contribution in [0.2, 0.25) is 0 Å². The predicted molar refractivity (Wildman–Crippen MR) is 82.6 cm³/mol. The Bertz CT molecular complexity index is 455. The number of nitrogens with two attached hydrogens (primary N) is 1. The Morgan fingerprint density at radius 1 is 1.30 bits per heavy atom. The van der Waals surface area contributed by atoms with Gasteiger partial charge in [-0.15, -0.1) is 0 Å². The number of piperidine rings is 1. The molecular formula is C16H25N3O. The first-order valence-corrected chi connectivity index (χ1v) is 7.39. The van der Waals surface area contributed by atoms with Crippen LogP contribution in [-0.4, -0.2) is 24.0 Å². The summed E-state index contributed by atoms with van der Waals surface area (Å²) in [5, 5.41) is 2.96. The largest absolute Gasteiger partial charge is 0.324 e. The molecule has 0 radical (unpaired) electrons. The summed E-state index contributed by atoms with van der Waals surface area (Å²) < 4.78 is 0. The van der Waals surface area contributed by atoms with Crippen LogP contribution in [0, 0.1) is 11.8 Å². The number of anilines is 1. The van der Waals surface area contributed by atoms with E-state index in [2.05, 4.69) is 19.2 Å². The van der Waals surface area contributed by atoms with Crippen molar-refractivity contribution in [2.45, 2.75) is 33.2 Å². The van der Waals surface area contributed by atoms with Gasteiger partial charge in [0.15, 0.2) is 0 Å². The maximum Gasteiger partial charge on any atom is 0.321 e. The summed E-state index contributed by atoms with van der Waals surface area (Å²) in [6.07, 6.45) is 1.08. The zero-order valence-corrected chi connectivity index (χ0v) is 12.6. The second-order valence-corrected chi connectivity index (χ2v) is 6.03. The van der Waals surface area contributed by atoms with Crippen LogP contribution in [0.1, 0.15) is 38.8 Å². The van der Waals surface area contributed by atoms with Crippen LogP contribution in [-0.2, 0) is 0 Å². The fraction of sp³-hybridized carbons (Fsp3) is 0.562. The summed E-state index contributed by atoms with van der Waals surface area (Å²) in [4.78, 5) is 14.1. The van der Waals surface area contributed by atoms with Gasteiger partial charge in [0, 0.05) is 24.8 Å². The molecule has 1 aromatic rings. The number of urea groups is 1. The molecule has 4 nitrogen and oxygen atoms in total. The normalized spacial score (nSPS) is 24.3. The Morgan fingerprint density at radius 3 is 2.50 bits per heavy atom. The van der Waals surface area contributed by atoms with Gasteiger partial charge in [-0.1, -0.05) is 26.0 Å². The fourth-order valence-corrected chi connectivity index (χ4v) is 2.52. The summed E-state index contributed by atoms with van der Waals surface area (Å²) in [6, 6.07) is 7.75. The van der Waals surface area contributed by atoms with Gasteiger partial charge in [0.25, 0.3) is 0 Å². The third kappa shape index (κ3) is 3.51. The number of carbonyl (C=O) groups excluding carboxylic acids is 1. The number of rotatable bonds is 2. The molecule has 0 aliphatic carbocycles. The minimum atomic E-state index is -0.00250. The van der Waals surface area contributed by atoms with Crippen molar-refractivity contribution in [3.05, 3.63) is 29.8 Å². The molecule has 1 heterocycles. The van der Waals surface area contributed by atoms with Crippen molar-refractivity contribution in [3.63, 3.8) is 0 Å². The molecule has 0 bridgehead atoms. The monoisotopic (exact) mass is 275 g/mol. The lowest BCUT2D eigenvalue weighted by atomic mass is 9.89. The lowest BCUT2D eigenvalue weighted by molar-refractivity contribution is 0.154. The van der Waals surface area contributed by atoms with Crippen molar-refractivity contribution >= 4 is 11.7 Å². The Hall–Kier alpha value is -1.55. The molecule has 4 heteroatoms. The van der Waals surface area contributed by atoms with Gasteiger partial charge < -0.3 is 16.0 Å². The van der Waals surface area contributed by atoms with Crippen molar-refractivity contribution in [2.24, 2.45) is 17.6 Å². The molecule has 1 saturated heterocycles. The first kappa shape index (κ1) is 14.9. The summed E-state index contributed by atoms with van der Waals surface area (Å²) in [7, 11) is 0. The van der Waals surface area contributed by atoms with Gasteiger partial charge in [0.1, 0.15) is 0 Å². The van der Waals surface area contributed by atoms with Crippen LogP contribution in [0.15, 0.2) is 24.3 Å². The minimum absolute atomic E-state index is 0.00250. The highest BCUT2D eigenvalue weighted by molar-refractivity contribution is 5.89. The van der Waals surface area contributed by atoms with Gasteiger partial charge in [0.2, 0.25) is 0 Å². The van der Waals surface area contributed by atoms with Crippen LogP contribution in [0.4, 0.5) is 10.5 Å². The molecule has 2 rings (SSSR count). The molecular weight excluding hydrogens is 250 g/mol. The first-order valence-electron chi connectivity index (χ1n) is 7.39. The van der Waals surface area contributed by atoms with E-state index in [1.54, 1.807) is 0 Å². The molecule has 1 fully saturated rings. The van der Waals surface area contributed by atoms with Gasteiger partial charge in [0.05, 0.1) is 0 Å². The smallest absolute Gasteiger partial charge is 0.321 e. The molecule has 0 saturated carbocycles. The highest BCUT2D eigenvalue weighted by Gasteiger charge is 2.25. The molecule has 0 aromatic heterocycles. The second kappa shape index (κ2) is 6.27. The number of benzene rings is 1. The van der Waals surface area contributed by atoms with E-state index in [1.165, 1.54) is 0 Å². The van der Waals surface area contributed by atoms with E-state index in [9.17, 15) is 4.79 Å². The van der Waals surface area contributed by atoms with Crippen LogP contribution >= 0.6 is 0 Å². The number of hydrogen-bond acceptors (Lipinski definition) is 2. The standard InChI is InChI=1S/C16H25N3O/c1-11-8-9-19(10-12(11)2)16(20)18-15-6-4-14(5-7-15)13(3)17/h4-7,11-13H,8-10,17H2,1-3H3,(H,18,20). The maximum absolute atomic E-state index is 12.2. The van der Waals surface area contributed by atoms with Gasteiger partial charge in [-0.3, -0.25) is 0 Å². The van der Waals surface area contributed by atoms with E-state index in [4.69, 9.17) is 5.73 Å². The first-order chi connectivity index (χ1) is 9.47. The summed E-state index contributed by atoms with van der Waals surface area (Å²) in [6.45, 7) is 8.10. The minimum Gasteiger partial charge on any atom is -0.324 e. The quantitative estimate of drug-likeness (QED) is 0.870. The van der Waals surface area contributed by atoms with E-state index in [1.807, 2.05) is 36.1 Å². The third-order valence-corrected chi connectivity index (χ3v) is 4.31. The summed E-state index contributed by atoms with van der Waals surface area (Å²) in [5.74, 6) is 1.26. The zero-order valence-electron chi connectivity index (χ0n) is 12.6. The molecule has 1 aromatic carbocycles. The molecule has 1 aliphatic rings. The highest BCUT2D eigenvalue weighted by atomic mass is 16.2. The van der Waals surface area contributed by atoms with E-state index >= 15 is 0 Å². The van der Waals surface area contributed by atoms with Crippen molar-refractivity contribution in [1.82, 2.24) is 4.90 Å². The Labute approximate surface area is 121 Å². The number of nitrogens with zero attached hydrogens (tertiary/aromatic N) is 1. The van der Waals surface area contributed by atoms with Gasteiger partial charge in [-0.2, -0.15) is 0 Å². The number of likely N-dealkylation sites (tertiary alicyclic amines) is 1. The van der Waals surface area contributed by atoms with Crippen molar-refractivity contribution in [2.75, 3.05) is 18.4 Å². The molecule has 3 unspecified atom stereocenters. The average Bonchev–Trinajstić information content (AvgIpc) is 2.42.